The van der Waals surface area contributed by atoms with Gasteiger partial charge in [0.1, 0.15) is 0 Å². The summed E-state index contributed by atoms with van der Waals surface area (Å²) < 4.78 is 0. The van der Waals surface area contributed by atoms with E-state index in [0.717, 1.165) is 25.0 Å². The Morgan fingerprint density at radius 2 is 1.81 bits per heavy atom. The van der Waals surface area contributed by atoms with E-state index in [-0.39, 0.29) is 0 Å². The Hall–Kier alpha value is -0.0800. The summed E-state index contributed by atoms with van der Waals surface area (Å²) in [5, 5.41) is 3.44. The fraction of sp³-hybridized carbons (Fsp3) is 1.00. The molecule has 0 bridgehead atoms. The first kappa shape index (κ1) is 15.9. The molecule has 2 unspecified atom stereocenters. The van der Waals surface area contributed by atoms with E-state index in [2.05, 4.69) is 44.8 Å². The molecular formula is C14H32N2. The predicted molar refractivity (Wildman–Crippen MR) is 73.9 cm³/mol. The smallest absolute Gasteiger partial charge is 0.00644 e. The van der Waals surface area contributed by atoms with Crippen LogP contribution in [0.1, 0.15) is 53.9 Å². The number of rotatable bonds is 10. The van der Waals surface area contributed by atoms with Crippen molar-refractivity contribution < 1.29 is 0 Å². The molecule has 0 heterocycles. The van der Waals surface area contributed by atoms with Crippen molar-refractivity contribution in [3.05, 3.63) is 0 Å². The van der Waals surface area contributed by atoms with Crippen molar-refractivity contribution >= 4 is 0 Å². The molecule has 0 aliphatic carbocycles. The summed E-state index contributed by atoms with van der Waals surface area (Å²) >= 11 is 0. The zero-order valence-electron chi connectivity index (χ0n) is 12.1. The van der Waals surface area contributed by atoms with Crippen LogP contribution in [0.2, 0.25) is 0 Å². The summed E-state index contributed by atoms with van der Waals surface area (Å²) in [5.41, 5.74) is 0. The third kappa shape index (κ3) is 7.24. The minimum atomic E-state index is 0.732. The molecule has 0 rings (SSSR count). The van der Waals surface area contributed by atoms with Gasteiger partial charge in [0.05, 0.1) is 0 Å². The average Bonchev–Trinajstić information content (AvgIpc) is 2.30. The summed E-state index contributed by atoms with van der Waals surface area (Å²) in [6.45, 7) is 16.2. The Labute approximate surface area is 103 Å². The highest BCUT2D eigenvalue weighted by Crippen LogP contribution is 2.09. The van der Waals surface area contributed by atoms with Gasteiger partial charge in [-0.2, -0.15) is 0 Å². The Balaban J connectivity index is 3.97. The van der Waals surface area contributed by atoms with Gasteiger partial charge in [0.25, 0.3) is 0 Å². The van der Waals surface area contributed by atoms with Crippen LogP contribution in [-0.2, 0) is 0 Å². The SMILES string of the molecule is CCCCN(CC(C)CNCC)C(C)CC. The highest BCUT2D eigenvalue weighted by molar-refractivity contribution is 4.70. The van der Waals surface area contributed by atoms with Crippen LogP contribution in [0.25, 0.3) is 0 Å². The maximum absolute atomic E-state index is 3.44. The van der Waals surface area contributed by atoms with Gasteiger partial charge < -0.3 is 10.2 Å². The van der Waals surface area contributed by atoms with Crippen LogP contribution in [0.4, 0.5) is 0 Å². The van der Waals surface area contributed by atoms with Crippen LogP contribution in [0.15, 0.2) is 0 Å². The van der Waals surface area contributed by atoms with Gasteiger partial charge in [0.2, 0.25) is 0 Å². The fourth-order valence-electron chi connectivity index (χ4n) is 1.97. The third-order valence-electron chi connectivity index (χ3n) is 3.30. The number of hydrogen-bond acceptors (Lipinski definition) is 2. The first-order chi connectivity index (χ1) is 7.65. The van der Waals surface area contributed by atoms with Crippen LogP contribution in [0.5, 0.6) is 0 Å². The molecule has 98 valence electrons. The molecule has 0 amide bonds. The number of nitrogens with one attached hydrogen (secondary N) is 1. The topological polar surface area (TPSA) is 15.3 Å². The maximum Gasteiger partial charge on any atom is 0.00644 e. The third-order valence-corrected chi connectivity index (χ3v) is 3.30. The zero-order valence-corrected chi connectivity index (χ0v) is 12.1. The Morgan fingerprint density at radius 3 is 2.31 bits per heavy atom. The largest absolute Gasteiger partial charge is 0.317 e. The van der Waals surface area contributed by atoms with Gasteiger partial charge in [-0.05, 0) is 45.3 Å². The molecule has 0 aliphatic heterocycles. The highest BCUT2D eigenvalue weighted by Gasteiger charge is 2.14. The van der Waals surface area contributed by atoms with Crippen molar-refractivity contribution in [2.75, 3.05) is 26.2 Å². The van der Waals surface area contributed by atoms with E-state index in [9.17, 15) is 0 Å². The van der Waals surface area contributed by atoms with Gasteiger partial charge in [0, 0.05) is 12.6 Å². The molecule has 0 saturated heterocycles. The average molecular weight is 228 g/mol. The molecular weight excluding hydrogens is 196 g/mol. The second-order valence-electron chi connectivity index (χ2n) is 5.02. The van der Waals surface area contributed by atoms with Crippen molar-refractivity contribution in [3.8, 4) is 0 Å². The minimum Gasteiger partial charge on any atom is -0.317 e. The molecule has 16 heavy (non-hydrogen) atoms. The van der Waals surface area contributed by atoms with Crippen LogP contribution in [-0.4, -0.2) is 37.1 Å². The molecule has 0 radical (unpaired) electrons. The van der Waals surface area contributed by atoms with Gasteiger partial charge in [-0.25, -0.2) is 0 Å². The Morgan fingerprint density at radius 1 is 1.12 bits per heavy atom. The summed E-state index contributed by atoms with van der Waals surface area (Å²) in [4.78, 5) is 2.66. The Bertz CT molecular complexity index is 148. The van der Waals surface area contributed by atoms with Crippen LogP contribution >= 0.6 is 0 Å². The molecule has 0 fully saturated rings. The van der Waals surface area contributed by atoms with E-state index in [1.807, 2.05) is 0 Å². The lowest BCUT2D eigenvalue weighted by Crippen LogP contribution is -2.39. The lowest BCUT2D eigenvalue weighted by atomic mass is 10.1. The molecule has 2 nitrogen and oxygen atoms in total. The molecule has 0 aliphatic rings. The second-order valence-corrected chi connectivity index (χ2v) is 5.02. The van der Waals surface area contributed by atoms with Gasteiger partial charge in [-0.15, -0.1) is 0 Å². The van der Waals surface area contributed by atoms with Crippen molar-refractivity contribution in [2.24, 2.45) is 5.92 Å². The lowest BCUT2D eigenvalue weighted by Gasteiger charge is -2.31. The number of unbranched alkanes of at least 4 members (excludes halogenated alkanes) is 1. The van der Waals surface area contributed by atoms with Crippen LogP contribution in [0, 0.1) is 5.92 Å². The first-order valence-electron chi connectivity index (χ1n) is 7.10. The van der Waals surface area contributed by atoms with Gasteiger partial charge >= 0.3 is 0 Å². The molecule has 0 aromatic carbocycles. The van der Waals surface area contributed by atoms with Crippen LogP contribution < -0.4 is 5.32 Å². The summed E-state index contributed by atoms with van der Waals surface area (Å²) in [6.07, 6.45) is 3.89. The minimum absolute atomic E-state index is 0.732. The van der Waals surface area contributed by atoms with Crippen LogP contribution in [0.3, 0.4) is 0 Å². The molecule has 0 saturated carbocycles. The quantitative estimate of drug-likeness (QED) is 0.618. The van der Waals surface area contributed by atoms with Crippen molar-refractivity contribution in [3.63, 3.8) is 0 Å². The van der Waals surface area contributed by atoms with Gasteiger partial charge in [-0.3, -0.25) is 0 Å². The van der Waals surface area contributed by atoms with E-state index in [4.69, 9.17) is 0 Å². The number of nitrogens with zero attached hydrogens (tertiary/aromatic N) is 1. The second kappa shape index (κ2) is 10.1. The fourth-order valence-corrected chi connectivity index (χ4v) is 1.97. The van der Waals surface area contributed by atoms with Gasteiger partial charge in [-0.1, -0.05) is 34.1 Å². The molecule has 2 atom stereocenters. The van der Waals surface area contributed by atoms with E-state index >= 15 is 0 Å². The first-order valence-corrected chi connectivity index (χ1v) is 7.10. The molecule has 1 N–H and O–H groups in total. The molecule has 0 spiro atoms. The highest BCUT2D eigenvalue weighted by atomic mass is 15.1. The predicted octanol–water partition coefficient (Wildman–Crippen LogP) is 3.13. The van der Waals surface area contributed by atoms with Crippen molar-refractivity contribution in [1.82, 2.24) is 10.2 Å². The van der Waals surface area contributed by atoms with E-state index in [1.54, 1.807) is 0 Å². The summed E-state index contributed by atoms with van der Waals surface area (Å²) in [5.74, 6) is 0.755. The maximum atomic E-state index is 3.44. The summed E-state index contributed by atoms with van der Waals surface area (Å²) in [6, 6.07) is 0.732. The normalized spacial score (nSPS) is 15.4. The van der Waals surface area contributed by atoms with E-state index in [1.165, 1.54) is 32.4 Å². The number of hydrogen-bond donors (Lipinski definition) is 1. The van der Waals surface area contributed by atoms with Gasteiger partial charge in [0.15, 0.2) is 0 Å². The van der Waals surface area contributed by atoms with Crippen molar-refractivity contribution in [2.45, 2.75) is 59.9 Å². The molecule has 0 aromatic rings. The lowest BCUT2D eigenvalue weighted by molar-refractivity contribution is 0.173. The molecule has 0 aromatic heterocycles. The van der Waals surface area contributed by atoms with Crippen molar-refractivity contribution in [1.29, 1.82) is 0 Å². The monoisotopic (exact) mass is 228 g/mol. The Kier molecular flexibility index (Phi) is 10.0. The zero-order chi connectivity index (χ0) is 12.4. The van der Waals surface area contributed by atoms with E-state index < -0.39 is 0 Å². The standard InChI is InChI=1S/C14H32N2/c1-6-9-10-16(14(5)7-2)12-13(4)11-15-8-3/h13-15H,6-12H2,1-5H3. The summed E-state index contributed by atoms with van der Waals surface area (Å²) in [7, 11) is 0. The molecule has 2 heteroatoms. The van der Waals surface area contributed by atoms with E-state index in [0.29, 0.717) is 0 Å².